The molecule has 0 radical (unpaired) electrons. The first-order valence-corrected chi connectivity index (χ1v) is 9.98. The zero-order valence-electron chi connectivity index (χ0n) is 17.6. The number of anilines is 2. The van der Waals surface area contributed by atoms with Gasteiger partial charge in [0.15, 0.2) is 11.6 Å². The van der Waals surface area contributed by atoms with E-state index in [0.29, 0.717) is 18.2 Å². The van der Waals surface area contributed by atoms with E-state index in [1.807, 2.05) is 25.8 Å². The predicted octanol–water partition coefficient (Wildman–Crippen LogP) is 2.80. The molecule has 1 saturated carbocycles. The summed E-state index contributed by atoms with van der Waals surface area (Å²) in [6.07, 6.45) is -0.424. The Labute approximate surface area is 177 Å². The lowest BCUT2D eigenvalue weighted by Crippen LogP contribution is -2.50. The third kappa shape index (κ3) is 4.00. The van der Waals surface area contributed by atoms with Crippen molar-refractivity contribution in [2.24, 2.45) is 5.92 Å². The fourth-order valence-electron chi connectivity index (χ4n) is 3.99. The minimum Gasteiger partial charge on any atom is -0.487 e. The van der Waals surface area contributed by atoms with Crippen molar-refractivity contribution in [2.75, 3.05) is 23.9 Å². The maximum atomic E-state index is 12.5. The molecule has 1 atom stereocenters. The number of halogens is 3. The molecule has 0 saturated heterocycles. The molecule has 11 heteroatoms. The summed E-state index contributed by atoms with van der Waals surface area (Å²) in [5, 5.41) is 0. The van der Waals surface area contributed by atoms with Gasteiger partial charge in [0.05, 0.1) is 24.2 Å². The van der Waals surface area contributed by atoms with E-state index in [2.05, 4.69) is 15.0 Å². The molecular weight excluding hydrogens is 413 g/mol. The van der Waals surface area contributed by atoms with Crippen molar-refractivity contribution in [1.29, 1.82) is 0 Å². The van der Waals surface area contributed by atoms with Crippen LogP contribution >= 0.6 is 0 Å². The van der Waals surface area contributed by atoms with E-state index in [-0.39, 0.29) is 23.8 Å². The number of carbonyl (C=O) groups excluding carboxylic acids is 1. The second-order valence-corrected chi connectivity index (χ2v) is 8.10. The summed E-state index contributed by atoms with van der Waals surface area (Å²) in [5.74, 6) is 0.799. The van der Waals surface area contributed by atoms with Crippen LogP contribution in [-0.2, 0) is 17.4 Å². The third-order valence-electron chi connectivity index (χ3n) is 5.87. The first-order valence-electron chi connectivity index (χ1n) is 9.98. The molecule has 0 unspecified atom stereocenters. The Balaban J connectivity index is 1.38. The average molecular weight is 436 g/mol. The number of nitrogens with zero attached hydrogens (tertiary/aromatic N) is 6. The summed E-state index contributed by atoms with van der Waals surface area (Å²) in [7, 11) is 3.59. The predicted molar refractivity (Wildman–Crippen MR) is 106 cm³/mol. The van der Waals surface area contributed by atoms with Gasteiger partial charge < -0.3 is 14.5 Å². The Hall–Kier alpha value is -2.98. The first-order chi connectivity index (χ1) is 14.5. The number of rotatable bonds is 4. The number of amides is 1. The highest BCUT2D eigenvalue weighted by Crippen LogP contribution is 2.37. The lowest BCUT2D eigenvalue weighted by Gasteiger charge is -2.38. The highest BCUT2D eigenvalue weighted by molar-refractivity contribution is 6.04. The lowest BCUT2D eigenvalue weighted by atomic mass is 9.80. The van der Waals surface area contributed by atoms with E-state index in [0.717, 1.165) is 42.4 Å². The van der Waals surface area contributed by atoms with Crippen molar-refractivity contribution in [2.45, 2.75) is 51.4 Å². The molecule has 0 aromatic carbocycles. The van der Waals surface area contributed by atoms with Gasteiger partial charge in [0.2, 0.25) is 11.7 Å². The van der Waals surface area contributed by atoms with Crippen LogP contribution in [0, 0.1) is 12.8 Å². The standard InChI is InChI=1S/C20H23F3N6O2/c1-10-16-17(28(3)11(2)18(30)29(16)4)27-15(26-10)7-12-5-13(6-12)31-14-8-24-19(25-9-14)20(21,22)23/h8-9,11-13H,5-7H2,1-4H3/t11-,12?,13?/m0/s1. The highest BCUT2D eigenvalue weighted by atomic mass is 19.4. The third-order valence-corrected chi connectivity index (χ3v) is 5.87. The van der Waals surface area contributed by atoms with Crippen LogP contribution in [0.25, 0.3) is 0 Å². The van der Waals surface area contributed by atoms with Gasteiger partial charge >= 0.3 is 6.18 Å². The number of ether oxygens (including phenoxy) is 1. The van der Waals surface area contributed by atoms with Crippen LogP contribution in [0.1, 0.15) is 37.1 Å². The molecule has 2 aliphatic rings. The molecule has 3 heterocycles. The zero-order chi connectivity index (χ0) is 22.5. The van der Waals surface area contributed by atoms with Crippen molar-refractivity contribution in [3.63, 3.8) is 0 Å². The molecule has 31 heavy (non-hydrogen) atoms. The molecule has 1 fully saturated rings. The van der Waals surface area contributed by atoms with Crippen LogP contribution in [-0.4, -0.2) is 52.1 Å². The van der Waals surface area contributed by atoms with Gasteiger partial charge in [0.25, 0.3) is 0 Å². The van der Waals surface area contributed by atoms with Crippen molar-refractivity contribution >= 4 is 17.4 Å². The molecule has 4 rings (SSSR count). The largest absolute Gasteiger partial charge is 0.487 e. The van der Waals surface area contributed by atoms with Crippen LogP contribution in [0.3, 0.4) is 0 Å². The number of alkyl halides is 3. The molecule has 166 valence electrons. The van der Waals surface area contributed by atoms with Crippen molar-refractivity contribution in [1.82, 2.24) is 19.9 Å². The molecule has 1 aliphatic heterocycles. The van der Waals surface area contributed by atoms with Crippen LogP contribution in [0.4, 0.5) is 24.7 Å². The number of likely N-dealkylation sites (N-methyl/N-ethyl adjacent to an activating group) is 2. The van der Waals surface area contributed by atoms with Gasteiger partial charge in [0, 0.05) is 20.5 Å². The van der Waals surface area contributed by atoms with Crippen molar-refractivity contribution in [3.8, 4) is 5.75 Å². The van der Waals surface area contributed by atoms with Gasteiger partial charge in [-0.25, -0.2) is 19.9 Å². The molecule has 1 amide bonds. The molecule has 1 aliphatic carbocycles. The van der Waals surface area contributed by atoms with Crippen LogP contribution in [0.15, 0.2) is 12.4 Å². The molecule has 0 N–H and O–H groups in total. The quantitative estimate of drug-likeness (QED) is 0.729. The number of aromatic nitrogens is 4. The summed E-state index contributed by atoms with van der Waals surface area (Å²) in [6, 6.07) is -0.299. The lowest BCUT2D eigenvalue weighted by molar-refractivity contribution is -0.145. The Morgan fingerprint density at radius 1 is 1.16 bits per heavy atom. The van der Waals surface area contributed by atoms with E-state index < -0.39 is 12.0 Å². The Morgan fingerprint density at radius 3 is 2.42 bits per heavy atom. The average Bonchev–Trinajstić information content (AvgIpc) is 2.68. The maximum absolute atomic E-state index is 12.5. The van der Waals surface area contributed by atoms with E-state index in [1.165, 1.54) is 0 Å². The fraction of sp³-hybridized carbons (Fsp3) is 0.550. The molecule has 0 bridgehead atoms. The normalized spacial score (nSPS) is 23.5. The van der Waals surface area contributed by atoms with Gasteiger partial charge in [-0.2, -0.15) is 13.2 Å². The van der Waals surface area contributed by atoms with E-state index in [9.17, 15) is 18.0 Å². The summed E-state index contributed by atoms with van der Waals surface area (Å²) >= 11 is 0. The monoisotopic (exact) mass is 436 g/mol. The summed E-state index contributed by atoms with van der Waals surface area (Å²) in [5.41, 5.74) is 1.48. The molecule has 0 spiro atoms. The van der Waals surface area contributed by atoms with E-state index in [4.69, 9.17) is 9.72 Å². The molecule has 8 nitrogen and oxygen atoms in total. The maximum Gasteiger partial charge on any atom is 0.451 e. The SMILES string of the molecule is Cc1nc(CC2CC(Oc3cnc(C(F)(F)F)nc3)C2)nc2c1N(C)C(=O)[C@H](C)N2C. The molecular formula is C20H23F3N6O2. The first kappa shape index (κ1) is 21.3. The minimum atomic E-state index is -4.57. The Morgan fingerprint density at radius 2 is 1.81 bits per heavy atom. The van der Waals surface area contributed by atoms with Gasteiger partial charge in [0.1, 0.15) is 17.6 Å². The summed E-state index contributed by atoms with van der Waals surface area (Å²) < 4.78 is 43.3. The second-order valence-electron chi connectivity index (χ2n) is 8.10. The minimum absolute atomic E-state index is 0.000629. The van der Waals surface area contributed by atoms with Crippen LogP contribution in [0.5, 0.6) is 5.75 Å². The van der Waals surface area contributed by atoms with E-state index >= 15 is 0 Å². The summed E-state index contributed by atoms with van der Waals surface area (Å²) in [6.45, 7) is 3.71. The van der Waals surface area contributed by atoms with Gasteiger partial charge in [-0.1, -0.05) is 0 Å². The smallest absolute Gasteiger partial charge is 0.451 e. The van der Waals surface area contributed by atoms with Crippen LogP contribution < -0.4 is 14.5 Å². The Bertz CT molecular complexity index is 992. The second kappa shape index (κ2) is 7.61. The van der Waals surface area contributed by atoms with Gasteiger partial charge in [-0.15, -0.1) is 0 Å². The van der Waals surface area contributed by atoms with Gasteiger partial charge in [-0.05, 0) is 32.6 Å². The van der Waals surface area contributed by atoms with Gasteiger partial charge in [-0.3, -0.25) is 4.79 Å². The van der Waals surface area contributed by atoms with Crippen LogP contribution in [0.2, 0.25) is 0 Å². The fourth-order valence-corrected chi connectivity index (χ4v) is 3.99. The van der Waals surface area contributed by atoms with E-state index in [1.54, 1.807) is 11.9 Å². The Kier molecular flexibility index (Phi) is 5.22. The summed E-state index contributed by atoms with van der Waals surface area (Å²) in [4.78, 5) is 31.8. The highest BCUT2D eigenvalue weighted by Gasteiger charge is 2.37. The topological polar surface area (TPSA) is 84.3 Å². The number of hydrogen-bond donors (Lipinski definition) is 0. The molecule has 2 aromatic heterocycles. The van der Waals surface area contributed by atoms with Crippen molar-refractivity contribution < 1.29 is 22.7 Å². The number of fused-ring (bicyclic) bond motifs is 1. The van der Waals surface area contributed by atoms with Crippen molar-refractivity contribution in [3.05, 3.63) is 29.7 Å². The molecule has 2 aromatic rings. The number of aryl methyl sites for hydroxylation is 1. The zero-order valence-corrected chi connectivity index (χ0v) is 17.6. The number of carbonyl (C=O) groups is 1. The number of hydrogen-bond acceptors (Lipinski definition) is 7.